The topological polar surface area (TPSA) is 55.9 Å². The Labute approximate surface area is 122 Å². The van der Waals surface area contributed by atoms with Crippen molar-refractivity contribution in [3.63, 3.8) is 0 Å². The van der Waals surface area contributed by atoms with E-state index in [9.17, 15) is 0 Å². The van der Waals surface area contributed by atoms with Crippen LogP contribution in [0.1, 0.15) is 29.3 Å². The summed E-state index contributed by atoms with van der Waals surface area (Å²) in [7, 11) is 1.96. The van der Waals surface area contributed by atoms with Gasteiger partial charge in [0.1, 0.15) is 0 Å². The first kappa shape index (κ1) is 14.2. The standard InChI is InChI=1S/C14H19BrN4/c1-10-9-11(15)3-5-13(10)14(18-16)6-4-12-7-8-17-19(12)2/h3,5,7-9,14,18H,4,6,16H2,1-2H3. The van der Waals surface area contributed by atoms with Gasteiger partial charge in [0.2, 0.25) is 0 Å². The number of rotatable bonds is 5. The largest absolute Gasteiger partial charge is 0.273 e. The Bertz CT molecular complexity index is 550. The zero-order valence-corrected chi connectivity index (χ0v) is 12.8. The molecule has 0 bridgehead atoms. The van der Waals surface area contributed by atoms with E-state index in [-0.39, 0.29) is 6.04 Å². The number of aromatic nitrogens is 2. The minimum Gasteiger partial charge on any atom is -0.273 e. The predicted octanol–water partition coefficient (Wildman–Crippen LogP) is 2.63. The predicted molar refractivity (Wildman–Crippen MR) is 80.5 cm³/mol. The Hall–Kier alpha value is -1.17. The van der Waals surface area contributed by atoms with E-state index < -0.39 is 0 Å². The molecular weight excluding hydrogens is 304 g/mol. The van der Waals surface area contributed by atoms with Gasteiger partial charge < -0.3 is 0 Å². The summed E-state index contributed by atoms with van der Waals surface area (Å²) in [5, 5.41) is 4.18. The number of benzene rings is 1. The molecule has 2 aromatic rings. The number of hydrogen-bond acceptors (Lipinski definition) is 3. The fourth-order valence-electron chi connectivity index (χ4n) is 2.30. The Balaban J connectivity index is 2.10. The highest BCUT2D eigenvalue weighted by Crippen LogP contribution is 2.24. The van der Waals surface area contributed by atoms with Gasteiger partial charge in [-0.2, -0.15) is 5.10 Å². The van der Waals surface area contributed by atoms with Crippen molar-refractivity contribution in [3.05, 3.63) is 51.8 Å². The molecule has 0 amide bonds. The van der Waals surface area contributed by atoms with E-state index in [1.165, 1.54) is 16.8 Å². The molecule has 1 aromatic heterocycles. The minimum atomic E-state index is 0.156. The molecule has 2 rings (SSSR count). The SMILES string of the molecule is Cc1cc(Br)ccc1C(CCc1ccnn1C)NN. The van der Waals surface area contributed by atoms with Crippen molar-refractivity contribution in [1.82, 2.24) is 15.2 Å². The molecule has 102 valence electrons. The Morgan fingerprint density at radius 3 is 2.79 bits per heavy atom. The molecule has 1 unspecified atom stereocenters. The zero-order valence-electron chi connectivity index (χ0n) is 11.2. The first-order valence-electron chi connectivity index (χ1n) is 6.31. The van der Waals surface area contributed by atoms with E-state index in [2.05, 4.69) is 51.6 Å². The Kier molecular flexibility index (Phi) is 4.74. The molecule has 1 aromatic carbocycles. The molecule has 0 aliphatic rings. The molecule has 0 saturated carbocycles. The van der Waals surface area contributed by atoms with Gasteiger partial charge in [-0.15, -0.1) is 0 Å². The third kappa shape index (κ3) is 3.43. The van der Waals surface area contributed by atoms with Gasteiger partial charge in [-0.25, -0.2) is 0 Å². The number of nitrogens with two attached hydrogens (primary N) is 1. The lowest BCUT2D eigenvalue weighted by atomic mass is 9.97. The molecule has 0 aliphatic heterocycles. The summed E-state index contributed by atoms with van der Waals surface area (Å²) < 4.78 is 3.00. The average molecular weight is 323 g/mol. The van der Waals surface area contributed by atoms with Crippen LogP contribution in [0.15, 0.2) is 34.9 Å². The fourth-order valence-corrected chi connectivity index (χ4v) is 2.77. The number of hydrazine groups is 1. The van der Waals surface area contributed by atoms with Crippen LogP contribution >= 0.6 is 15.9 Å². The average Bonchev–Trinajstić information content (AvgIpc) is 2.78. The lowest BCUT2D eigenvalue weighted by Gasteiger charge is -2.18. The molecule has 3 N–H and O–H groups in total. The van der Waals surface area contributed by atoms with Crippen LogP contribution in [0.5, 0.6) is 0 Å². The maximum atomic E-state index is 5.71. The summed E-state index contributed by atoms with van der Waals surface area (Å²) in [5.41, 5.74) is 6.61. The molecule has 0 spiro atoms. The van der Waals surface area contributed by atoms with Crippen molar-refractivity contribution in [2.24, 2.45) is 12.9 Å². The molecule has 0 radical (unpaired) electrons. The second kappa shape index (κ2) is 6.32. The van der Waals surface area contributed by atoms with Crippen molar-refractivity contribution < 1.29 is 0 Å². The fraction of sp³-hybridized carbons (Fsp3) is 0.357. The van der Waals surface area contributed by atoms with Crippen LogP contribution in [0.2, 0.25) is 0 Å². The summed E-state index contributed by atoms with van der Waals surface area (Å²) in [6, 6.07) is 8.48. The van der Waals surface area contributed by atoms with Crippen LogP contribution in [-0.4, -0.2) is 9.78 Å². The molecule has 0 saturated heterocycles. The van der Waals surface area contributed by atoms with E-state index in [4.69, 9.17) is 5.84 Å². The van der Waals surface area contributed by atoms with Crippen molar-refractivity contribution >= 4 is 15.9 Å². The van der Waals surface area contributed by atoms with Gasteiger partial charge in [0, 0.05) is 29.5 Å². The van der Waals surface area contributed by atoms with Gasteiger partial charge in [-0.1, -0.05) is 22.0 Å². The second-order valence-electron chi connectivity index (χ2n) is 4.70. The highest BCUT2D eigenvalue weighted by molar-refractivity contribution is 9.10. The van der Waals surface area contributed by atoms with Crippen LogP contribution in [-0.2, 0) is 13.5 Å². The monoisotopic (exact) mass is 322 g/mol. The van der Waals surface area contributed by atoms with E-state index >= 15 is 0 Å². The van der Waals surface area contributed by atoms with Crippen LogP contribution < -0.4 is 11.3 Å². The van der Waals surface area contributed by atoms with Gasteiger partial charge >= 0.3 is 0 Å². The van der Waals surface area contributed by atoms with Gasteiger partial charge in [-0.05, 0) is 49.1 Å². The summed E-state index contributed by atoms with van der Waals surface area (Å²) in [4.78, 5) is 0. The molecular formula is C14H19BrN4. The Morgan fingerprint density at radius 1 is 1.42 bits per heavy atom. The van der Waals surface area contributed by atoms with E-state index in [0.29, 0.717) is 0 Å². The molecule has 1 heterocycles. The summed E-state index contributed by atoms with van der Waals surface area (Å²) >= 11 is 3.48. The number of nitrogens with zero attached hydrogens (tertiary/aromatic N) is 2. The maximum absolute atomic E-state index is 5.71. The van der Waals surface area contributed by atoms with Gasteiger partial charge in [0.05, 0.1) is 0 Å². The van der Waals surface area contributed by atoms with E-state index in [1.54, 1.807) is 0 Å². The normalized spacial score (nSPS) is 12.6. The van der Waals surface area contributed by atoms with Crippen LogP contribution in [0.25, 0.3) is 0 Å². The minimum absolute atomic E-state index is 0.156. The lowest BCUT2D eigenvalue weighted by Crippen LogP contribution is -2.29. The van der Waals surface area contributed by atoms with Gasteiger partial charge in [0.15, 0.2) is 0 Å². The van der Waals surface area contributed by atoms with E-state index in [0.717, 1.165) is 17.3 Å². The van der Waals surface area contributed by atoms with Crippen molar-refractivity contribution in [2.45, 2.75) is 25.8 Å². The number of aryl methyl sites for hydroxylation is 3. The van der Waals surface area contributed by atoms with Crippen molar-refractivity contribution in [2.75, 3.05) is 0 Å². The molecule has 4 nitrogen and oxygen atoms in total. The first-order chi connectivity index (χ1) is 9.11. The lowest BCUT2D eigenvalue weighted by molar-refractivity contribution is 0.504. The third-order valence-corrected chi connectivity index (χ3v) is 3.91. The highest BCUT2D eigenvalue weighted by atomic mass is 79.9. The van der Waals surface area contributed by atoms with Gasteiger partial charge in [0.25, 0.3) is 0 Å². The van der Waals surface area contributed by atoms with Crippen LogP contribution in [0.3, 0.4) is 0 Å². The van der Waals surface area contributed by atoms with Crippen molar-refractivity contribution in [1.29, 1.82) is 0 Å². The number of nitrogens with one attached hydrogen (secondary N) is 1. The summed E-state index contributed by atoms with van der Waals surface area (Å²) in [6.07, 6.45) is 3.71. The maximum Gasteiger partial charge on any atom is 0.0492 e. The first-order valence-corrected chi connectivity index (χ1v) is 7.10. The molecule has 0 fully saturated rings. The third-order valence-electron chi connectivity index (χ3n) is 3.42. The van der Waals surface area contributed by atoms with Crippen LogP contribution in [0, 0.1) is 6.92 Å². The quantitative estimate of drug-likeness (QED) is 0.657. The molecule has 5 heteroatoms. The highest BCUT2D eigenvalue weighted by Gasteiger charge is 2.13. The molecule has 19 heavy (non-hydrogen) atoms. The van der Waals surface area contributed by atoms with Crippen LogP contribution in [0.4, 0.5) is 0 Å². The summed E-state index contributed by atoms with van der Waals surface area (Å²) in [5.74, 6) is 5.71. The van der Waals surface area contributed by atoms with Crippen molar-refractivity contribution in [3.8, 4) is 0 Å². The zero-order chi connectivity index (χ0) is 13.8. The smallest absolute Gasteiger partial charge is 0.0492 e. The van der Waals surface area contributed by atoms with E-state index in [1.807, 2.05) is 24.0 Å². The second-order valence-corrected chi connectivity index (χ2v) is 5.62. The molecule has 1 atom stereocenters. The number of halogens is 1. The summed E-state index contributed by atoms with van der Waals surface area (Å²) in [6.45, 7) is 2.11. The molecule has 0 aliphatic carbocycles. The van der Waals surface area contributed by atoms with Gasteiger partial charge in [-0.3, -0.25) is 16.0 Å². The Morgan fingerprint density at radius 2 is 2.21 bits per heavy atom. The number of hydrogen-bond donors (Lipinski definition) is 2.